The predicted octanol–water partition coefficient (Wildman–Crippen LogP) is -0.410. The van der Waals surface area contributed by atoms with E-state index >= 15 is 0 Å². The molecule has 0 unspecified atom stereocenters. The second-order valence-electron chi connectivity index (χ2n) is 1.29. The van der Waals surface area contributed by atoms with Crippen molar-refractivity contribution < 1.29 is 9.90 Å². The van der Waals surface area contributed by atoms with E-state index < -0.39 is 5.97 Å². The summed E-state index contributed by atoms with van der Waals surface area (Å²) in [6.45, 7) is 0.677. The number of hydrogen-bond donors (Lipinski definition) is 3. The van der Waals surface area contributed by atoms with Crippen molar-refractivity contribution in [2.45, 2.75) is 0 Å². The van der Waals surface area contributed by atoms with E-state index in [0.717, 1.165) is 0 Å². The van der Waals surface area contributed by atoms with Crippen molar-refractivity contribution in [2.24, 2.45) is 0 Å². The first-order valence-corrected chi connectivity index (χ1v) is 2.94. The molecule has 0 rings (SSSR count). The summed E-state index contributed by atoms with van der Waals surface area (Å²) in [7, 11) is 0. The number of hydrogen-bond acceptors (Lipinski definition) is 3. The van der Waals surface area contributed by atoms with Gasteiger partial charge >= 0.3 is 5.97 Å². The molecule has 0 aliphatic rings. The molecule has 4 heteroatoms. The van der Waals surface area contributed by atoms with E-state index in [1.165, 1.54) is 0 Å². The Hall–Kier alpha value is -0.220. The molecular formula is C4H9NO2S. The Kier molecular flexibility index (Phi) is 4.79. The number of carboxylic acids is 1. The van der Waals surface area contributed by atoms with Gasteiger partial charge in [-0.25, -0.2) is 0 Å². The lowest BCUT2D eigenvalue weighted by Crippen LogP contribution is -2.24. The molecule has 0 fully saturated rings. The molecule has 2 N–H and O–H groups in total. The second-order valence-corrected chi connectivity index (χ2v) is 1.74. The average molecular weight is 135 g/mol. The molecule has 0 bridgehead atoms. The SMILES string of the molecule is O=C(O)CNCCS. The summed E-state index contributed by atoms with van der Waals surface area (Å²) in [5.41, 5.74) is 0. The smallest absolute Gasteiger partial charge is 0.317 e. The maximum absolute atomic E-state index is 9.79. The molecule has 0 atom stereocenters. The fourth-order valence-electron chi connectivity index (χ4n) is 0.274. The van der Waals surface area contributed by atoms with Crippen LogP contribution in [0.3, 0.4) is 0 Å². The lowest BCUT2D eigenvalue weighted by molar-refractivity contribution is -0.135. The van der Waals surface area contributed by atoms with Gasteiger partial charge in [0.05, 0.1) is 6.54 Å². The Morgan fingerprint density at radius 3 is 2.75 bits per heavy atom. The molecule has 0 saturated carbocycles. The normalized spacial score (nSPS) is 9.12. The summed E-state index contributed by atoms with van der Waals surface area (Å²) >= 11 is 3.87. The van der Waals surface area contributed by atoms with Gasteiger partial charge in [-0.2, -0.15) is 12.6 Å². The van der Waals surface area contributed by atoms with E-state index in [4.69, 9.17) is 5.11 Å². The zero-order valence-corrected chi connectivity index (χ0v) is 5.32. The molecule has 0 spiro atoms. The van der Waals surface area contributed by atoms with Gasteiger partial charge in [-0.3, -0.25) is 4.79 Å². The largest absolute Gasteiger partial charge is 0.480 e. The van der Waals surface area contributed by atoms with Gasteiger partial charge in [-0.15, -0.1) is 0 Å². The first-order valence-electron chi connectivity index (χ1n) is 2.30. The average Bonchev–Trinajstić information content (AvgIpc) is 1.66. The Labute approximate surface area is 53.5 Å². The zero-order chi connectivity index (χ0) is 6.41. The van der Waals surface area contributed by atoms with E-state index in [-0.39, 0.29) is 6.54 Å². The number of aliphatic carboxylic acids is 1. The quantitative estimate of drug-likeness (QED) is 0.363. The van der Waals surface area contributed by atoms with Crippen molar-refractivity contribution in [3.05, 3.63) is 0 Å². The van der Waals surface area contributed by atoms with Crippen molar-refractivity contribution in [1.82, 2.24) is 5.32 Å². The Balaban J connectivity index is 2.82. The molecule has 8 heavy (non-hydrogen) atoms. The monoisotopic (exact) mass is 135 g/mol. The van der Waals surface area contributed by atoms with Crippen LogP contribution in [-0.2, 0) is 4.79 Å². The molecule has 3 nitrogen and oxygen atoms in total. The molecule has 0 aromatic rings. The molecule has 0 aromatic carbocycles. The number of thiol groups is 1. The van der Waals surface area contributed by atoms with E-state index in [1.807, 2.05) is 0 Å². The van der Waals surface area contributed by atoms with Gasteiger partial charge in [0.25, 0.3) is 0 Å². The highest BCUT2D eigenvalue weighted by molar-refractivity contribution is 7.80. The highest BCUT2D eigenvalue weighted by Gasteiger charge is 1.90. The van der Waals surface area contributed by atoms with Crippen molar-refractivity contribution in [3.63, 3.8) is 0 Å². The molecule has 0 radical (unpaired) electrons. The minimum Gasteiger partial charge on any atom is -0.480 e. The van der Waals surface area contributed by atoms with Crippen LogP contribution in [-0.4, -0.2) is 29.9 Å². The topological polar surface area (TPSA) is 49.3 Å². The number of carbonyl (C=O) groups is 1. The molecule has 0 aliphatic carbocycles. The van der Waals surface area contributed by atoms with Crippen LogP contribution in [0.4, 0.5) is 0 Å². The third-order valence-electron chi connectivity index (χ3n) is 0.565. The highest BCUT2D eigenvalue weighted by Crippen LogP contribution is 1.67. The van der Waals surface area contributed by atoms with Crippen LogP contribution in [0.15, 0.2) is 0 Å². The van der Waals surface area contributed by atoms with Gasteiger partial charge in [0.15, 0.2) is 0 Å². The predicted molar refractivity (Wildman–Crippen MR) is 34.4 cm³/mol. The van der Waals surface area contributed by atoms with Crippen molar-refractivity contribution in [3.8, 4) is 0 Å². The second kappa shape index (κ2) is 4.93. The lowest BCUT2D eigenvalue weighted by atomic mass is 10.6. The standard InChI is InChI=1S/C4H9NO2S/c6-4(7)3-5-1-2-8/h5,8H,1-3H2,(H,6,7). The maximum atomic E-state index is 9.79. The fraction of sp³-hybridized carbons (Fsp3) is 0.750. The first-order chi connectivity index (χ1) is 3.77. The minimum atomic E-state index is -0.827. The third kappa shape index (κ3) is 5.78. The first kappa shape index (κ1) is 7.78. The Morgan fingerprint density at radius 2 is 2.38 bits per heavy atom. The molecule has 0 aromatic heterocycles. The zero-order valence-electron chi connectivity index (χ0n) is 4.42. The van der Waals surface area contributed by atoms with Crippen LogP contribution in [0.25, 0.3) is 0 Å². The maximum Gasteiger partial charge on any atom is 0.317 e. The van der Waals surface area contributed by atoms with Crippen molar-refractivity contribution >= 4 is 18.6 Å². The van der Waals surface area contributed by atoms with Crippen LogP contribution in [0.1, 0.15) is 0 Å². The van der Waals surface area contributed by atoms with Gasteiger partial charge in [0.1, 0.15) is 0 Å². The van der Waals surface area contributed by atoms with Crippen molar-refractivity contribution in [1.29, 1.82) is 0 Å². The lowest BCUT2D eigenvalue weighted by Gasteiger charge is -1.94. The van der Waals surface area contributed by atoms with E-state index in [1.54, 1.807) is 0 Å². The highest BCUT2D eigenvalue weighted by atomic mass is 32.1. The molecule has 0 heterocycles. The van der Waals surface area contributed by atoms with Gasteiger partial charge in [-0.1, -0.05) is 0 Å². The molecule has 0 amide bonds. The van der Waals surface area contributed by atoms with Gasteiger partial charge in [-0.05, 0) is 0 Å². The van der Waals surface area contributed by atoms with E-state index in [0.29, 0.717) is 12.3 Å². The molecule has 48 valence electrons. The molecular weight excluding hydrogens is 126 g/mol. The van der Waals surface area contributed by atoms with Gasteiger partial charge in [0.2, 0.25) is 0 Å². The summed E-state index contributed by atoms with van der Waals surface area (Å²) in [5, 5.41) is 10.7. The number of carboxylic acid groups (broad SMARTS) is 1. The number of rotatable bonds is 4. The van der Waals surface area contributed by atoms with Crippen LogP contribution >= 0.6 is 12.6 Å². The van der Waals surface area contributed by atoms with Crippen LogP contribution in [0.5, 0.6) is 0 Å². The number of nitrogens with one attached hydrogen (secondary N) is 1. The Morgan fingerprint density at radius 1 is 1.75 bits per heavy atom. The molecule has 0 aliphatic heterocycles. The van der Waals surface area contributed by atoms with E-state index in [9.17, 15) is 4.79 Å². The molecule has 0 saturated heterocycles. The van der Waals surface area contributed by atoms with Crippen LogP contribution in [0, 0.1) is 0 Å². The summed E-state index contributed by atoms with van der Waals surface area (Å²) in [4.78, 5) is 9.79. The summed E-state index contributed by atoms with van der Waals surface area (Å²) in [6.07, 6.45) is 0. The summed E-state index contributed by atoms with van der Waals surface area (Å²) < 4.78 is 0. The Bertz CT molecular complexity index is 76.4. The van der Waals surface area contributed by atoms with Crippen molar-refractivity contribution in [2.75, 3.05) is 18.8 Å². The summed E-state index contributed by atoms with van der Waals surface area (Å²) in [5.74, 6) is -0.153. The van der Waals surface area contributed by atoms with E-state index in [2.05, 4.69) is 17.9 Å². The van der Waals surface area contributed by atoms with Crippen LogP contribution in [0.2, 0.25) is 0 Å². The third-order valence-corrected chi connectivity index (χ3v) is 0.788. The fourth-order valence-corrected chi connectivity index (χ4v) is 0.432. The van der Waals surface area contributed by atoms with Gasteiger partial charge < -0.3 is 10.4 Å². The minimum absolute atomic E-state index is 0.0283. The van der Waals surface area contributed by atoms with Crippen LogP contribution < -0.4 is 5.32 Å². The summed E-state index contributed by atoms with van der Waals surface area (Å²) in [6, 6.07) is 0. The van der Waals surface area contributed by atoms with Gasteiger partial charge in [0, 0.05) is 12.3 Å².